The van der Waals surface area contributed by atoms with Gasteiger partial charge in [-0.25, -0.2) is 13.8 Å². The third-order valence-corrected chi connectivity index (χ3v) is 5.60. The fourth-order valence-electron chi connectivity index (χ4n) is 3.94. The number of rotatable bonds is 3. The maximum Gasteiger partial charge on any atom is 0.261 e. The van der Waals surface area contributed by atoms with Gasteiger partial charge in [0.25, 0.3) is 11.5 Å². The molecule has 30 heavy (non-hydrogen) atoms. The lowest BCUT2D eigenvalue weighted by Crippen LogP contribution is -2.28. The quantitative estimate of drug-likeness (QED) is 0.700. The molecule has 0 aliphatic carbocycles. The SMILES string of the molecule is CC(NC(=O)c1ccc2c(=O)n3c(nc2c1)CCCCCC3)c1cc(F)ccc1F. The minimum absolute atomic E-state index is 0.0712. The number of hydrogen-bond donors (Lipinski definition) is 1. The van der Waals surface area contributed by atoms with E-state index in [9.17, 15) is 18.4 Å². The Morgan fingerprint density at radius 2 is 1.90 bits per heavy atom. The molecule has 156 valence electrons. The number of benzene rings is 2. The summed E-state index contributed by atoms with van der Waals surface area (Å²) in [6.07, 6.45) is 4.89. The Morgan fingerprint density at radius 3 is 2.73 bits per heavy atom. The van der Waals surface area contributed by atoms with Crippen LogP contribution in [-0.4, -0.2) is 15.5 Å². The van der Waals surface area contributed by atoms with Crippen molar-refractivity contribution in [3.8, 4) is 0 Å². The highest BCUT2D eigenvalue weighted by Crippen LogP contribution is 2.20. The van der Waals surface area contributed by atoms with Gasteiger partial charge in [0.1, 0.15) is 17.5 Å². The molecule has 1 aromatic heterocycles. The van der Waals surface area contributed by atoms with Crippen LogP contribution in [0.4, 0.5) is 8.78 Å². The Bertz CT molecular complexity index is 1170. The van der Waals surface area contributed by atoms with Crippen LogP contribution in [0, 0.1) is 11.6 Å². The number of carbonyl (C=O) groups excluding carboxylic acids is 1. The van der Waals surface area contributed by atoms with Gasteiger partial charge in [-0.15, -0.1) is 0 Å². The molecule has 0 saturated carbocycles. The zero-order chi connectivity index (χ0) is 21.3. The third kappa shape index (κ3) is 3.97. The third-order valence-electron chi connectivity index (χ3n) is 5.60. The first-order valence-electron chi connectivity index (χ1n) is 10.2. The summed E-state index contributed by atoms with van der Waals surface area (Å²) in [6, 6.07) is 7.17. The highest BCUT2D eigenvalue weighted by molar-refractivity contribution is 5.97. The summed E-state index contributed by atoms with van der Waals surface area (Å²) in [5.74, 6) is -0.850. The maximum absolute atomic E-state index is 14.0. The second kappa shape index (κ2) is 8.34. The van der Waals surface area contributed by atoms with E-state index < -0.39 is 23.6 Å². The first-order chi connectivity index (χ1) is 14.4. The number of amides is 1. The Labute approximate surface area is 172 Å². The zero-order valence-electron chi connectivity index (χ0n) is 16.8. The minimum Gasteiger partial charge on any atom is -0.345 e. The van der Waals surface area contributed by atoms with Gasteiger partial charge in [0, 0.05) is 24.1 Å². The molecule has 4 rings (SSSR count). The van der Waals surface area contributed by atoms with E-state index in [1.54, 1.807) is 29.7 Å². The highest BCUT2D eigenvalue weighted by Gasteiger charge is 2.18. The van der Waals surface area contributed by atoms with E-state index in [-0.39, 0.29) is 11.1 Å². The molecular formula is C23H23F2N3O2. The normalized spacial score (nSPS) is 15.2. The summed E-state index contributed by atoms with van der Waals surface area (Å²) in [7, 11) is 0. The molecule has 7 heteroatoms. The number of fused-ring (bicyclic) bond motifs is 2. The Morgan fingerprint density at radius 1 is 1.10 bits per heavy atom. The van der Waals surface area contributed by atoms with Crippen molar-refractivity contribution in [2.75, 3.05) is 0 Å². The van der Waals surface area contributed by atoms with E-state index in [0.29, 0.717) is 23.0 Å². The summed E-state index contributed by atoms with van der Waals surface area (Å²) in [6.45, 7) is 2.25. The van der Waals surface area contributed by atoms with Crippen molar-refractivity contribution in [3.05, 3.63) is 75.3 Å². The van der Waals surface area contributed by atoms with E-state index >= 15 is 0 Å². The summed E-state index contributed by atoms with van der Waals surface area (Å²) >= 11 is 0. The number of hydrogen-bond acceptors (Lipinski definition) is 3. The first kappa shape index (κ1) is 20.2. The fourth-order valence-corrected chi connectivity index (χ4v) is 3.94. The summed E-state index contributed by atoms with van der Waals surface area (Å²) in [4.78, 5) is 30.3. The lowest BCUT2D eigenvalue weighted by Gasteiger charge is -2.17. The van der Waals surface area contributed by atoms with Gasteiger partial charge in [-0.2, -0.15) is 0 Å². The standard InChI is InChI=1S/C23H23F2N3O2/c1-14(18-13-16(24)8-10-19(18)25)26-22(29)15-7-9-17-20(12-15)27-21-6-4-2-3-5-11-28(21)23(17)30/h7-10,12-14H,2-6,11H2,1H3,(H,26,29). The van der Waals surface area contributed by atoms with Gasteiger partial charge >= 0.3 is 0 Å². The van der Waals surface area contributed by atoms with E-state index in [1.807, 2.05) is 0 Å². The van der Waals surface area contributed by atoms with Gasteiger partial charge in [-0.1, -0.05) is 12.8 Å². The number of aryl methyl sites for hydroxylation is 1. The zero-order valence-corrected chi connectivity index (χ0v) is 16.8. The predicted octanol–water partition coefficient (Wildman–Crippen LogP) is 4.28. The van der Waals surface area contributed by atoms with Gasteiger partial charge in [0.2, 0.25) is 0 Å². The van der Waals surface area contributed by atoms with E-state index in [0.717, 1.165) is 56.1 Å². The molecule has 1 aliphatic heterocycles. The van der Waals surface area contributed by atoms with Crippen molar-refractivity contribution in [1.82, 2.24) is 14.9 Å². The van der Waals surface area contributed by atoms with Crippen LogP contribution >= 0.6 is 0 Å². The van der Waals surface area contributed by atoms with Crippen molar-refractivity contribution in [3.63, 3.8) is 0 Å². The van der Waals surface area contributed by atoms with Crippen LogP contribution in [-0.2, 0) is 13.0 Å². The van der Waals surface area contributed by atoms with Gasteiger partial charge in [0.05, 0.1) is 16.9 Å². The lowest BCUT2D eigenvalue weighted by molar-refractivity contribution is 0.0939. The smallest absolute Gasteiger partial charge is 0.261 e. The monoisotopic (exact) mass is 411 g/mol. The summed E-state index contributed by atoms with van der Waals surface area (Å²) in [5, 5.41) is 3.16. The Hall–Kier alpha value is -3.09. The van der Waals surface area contributed by atoms with Crippen LogP contribution in [0.2, 0.25) is 0 Å². The predicted molar refractivity (Wildman–Crippen MR) is 110 cm³/mol. The van der Waals surface area contributed by atoms with E-state index in [1.165, 1.54) is 0 Å². The van der Waals surface area contributed by atoms with Crippen LogP contribution in [0.15, 0.2) is 41.2 Å². The highest BCUT2D eigenvalue weighted by atomic mass is 19.1. The van der Waals surface area contributed by atoms with Crippen LogP contribution in [0.25, 0.3) is 10.9 Å². The molecule has 1 atom stereocenters. The van der Waals surface area contributed by atoms with Crippen LogP contribution in [0.5, 0.6) is 0 Å². The first-order valence-corrected chi connectivity index (χ1v) is 10.2. The Balaban J connectivity index is 1.64. The largest absolute Gasteiger partial charge is 0.345 e. The van der Waals surface area contributed by atoms with Crippen LogP contribution in [0.3, 0.4) is 0 Å². The van der Waals surface area contributed by atoms with E-state index in [2.05, 4.69) is 10.3 Å². The molecule has 0 radical (unpaired) electrons. The maximum atomic E-state index is 14.0. The second-order valence-corrected chi connectivity index (χ2v) is 7.74. The van der Waals surface area contributed by atoms with Crippen molar-refractivity contribution >= 4 is 16.8 Å². The van der Waals surface area contributed by atoms with Gasteiger partial charge in [-0.05, 0) is 56.2 Å². The van der Waals surface area contributed by atoms with Gasteiger partial charge in [-0.3, -0.25) is 14.2 Å². The molecule has 3 aromatic rings. The summed E-state index contributed by atoms with van der Waals surface area (Å²) < 4.78 is 29.2. The minimum atomic E-state index is -0.724. The van der Waals surface area contributed by atoms with Crippen molar-refractivity contribution in [1.29, 1.82) is 0 Å². The van der Waals surface area contributed by atoms with Crippen LogP contribution in [0.1, 0.15) is 60.4 Å². The molecule has 1 aliphatic rings. The van der Waals surface area contributed by atoms with Gasteiger partial charge < -0.3 is 5.32 Å². The van der Waals surface area contributed by atoms with Crippen molar-refractivity contribution in [2.45, 2.75) is 51.6 Å². The summed E-state index contributed by atoms with van der Waals surface area (Å²) in [5.41, 5.74) is 0.777. The molecule has 0 bridgehead atoms. The van der Waals surface area contributed by atoms with Gasteiger partial charge in [0.15, 0.2) is 0 Å². The number of carbonyl (C=O) groups is 1. The van der Waals surface area contributed by atoms with Crippen molar-refractivity contribution in [2.24, 2.45) is 0 Å². The number of nitrogens with one attached hydrogen (secondary N) is 1. The second-order valence-electron chi connectivity index (χ2n) is 7.74. The molecule has 1 unspecified atom stereocenters. The molecule has 1 N–H and O–H groups in total. The number of nitrogens with zero attached hydrogens (tertiary/aromatic N) is 2. The fraction of sp³-hybridized carbons (Fsp3) is 0.348. The van der Waals surface area contributed by atoms with Crippen LogP contribution < -0.4 is 10.9 Å². The topological polar surface area (TPSA) is 64.0 Å². The molecule has 2 heterocycles. The average Bonchev–Trinajstić information content (AvgIpc) is 2.70. The molecule has 0 spiro atoms. The van der Waals surface area contributed by atoms with E-state index in [4.69, 9.17) is 0 Å². The molecule has 0 fully saturated rings. The van der Waals surface area contributed by atoms with Crippen molar-refractivity contribution < 1.29 is 13.6 Å². The molecular weight excluding hydrogens is 388 g/mol. The molecule has 2 aromatic carbocycles. The number of aromatic nitrogens is 2. The molecule has 1 amide bonds. The molecule has 5 nitrogen and oxygen atoms in total. The average molecular weight is 411 g/mol. The number of halogens is 2. The molecule has 0 saturated heterocycles. The lowest BCUT2D eigenvalue weighted by atomic mass is 10.1. The Kier molecular flexibility index (Phi) is 5.61.